The highest BCUT2D eigenvalue weighted by Crippen LogP contribution is 2.40. The topological polar surface area (TPSA) is 70.5 Å². The second-order valence-electron chi connectivity index (χ2n) is 6.91. The van der Waals surface area contributed by atoms with Crippen molar-refractivity contribution in [3.63, 3.8) is 0 Å². The van der Waals surface area contributed by atoms with Gasteiger partial charge < -0.3 is 14.2 Å². The first kappa shape index (κ1) is 25.3. The molecule has 0 spiro atoms. The number of alkyl halides is 3. The molecule has 0 saturated carbocycles. The molecular formula is C22H19F5N2O4S. The van der Waals surface area contributed by atoms with E-state index in [1.807, 2.05) is 0 Å². The lowest BCUT2D eigenvalue weighted by Gasteiger charge is -2.13. The highest BCUT2D eigenvalue weighted by atomic mass is 32.1. The number of rotatable bonds is 9. The fraction of sp³-hybridized carbons (Fsp3) is 0.318. The van der Waals surface area contributed by atoms with Gasteiger partial charge in [-0.05, 0) is 48.6 Å². The predicted molar refractivity (Wildman–Crippen MR) is 113 cm³/mol. The Morgan fingerprint density at radius 2 is 1.85 bits per heavy atom. The highest BCUT2D eigenvalue weighted by molar-refractivity contribution is 7.06. The summed E-state index contributed by atoms with van der Waals surface area (Å²) in [6.45, 7) is 1.02. The van der Waals surface area contributed by atoms with Crippen molar-refractivity contribution in [1.82, 2.24) is 9.36 Å². The van der Waals surface area contributed by atoms with Crippen LogP contribution in [0.2, 0.25) is 0 Å². The number of benzene rings is 1. The van der Waals surface area contributed by atoms with Crippen LogP contribution in [0.5, 0.6) is 11.6 Å². The van der Waals surface area contributed by atoms with E-state index in [0.717, 1.165) is 12.1 Å². The smallest absolute Gasteiger partial charge is 0.427 e. The number of hydrogen-bond donors (Lipinski definition) is 0. The van der Waals surface area contributed by atoms with Gasteiger partial charge in [0, 0.05) is 29.8 Å². The molecule has 3 rings (SSSR count). The van der Waals surface area contributed by atoms with Gasteiger partial charge in [0.15, 0.2) is 17.4 Å². The van der Waals surface area contributed by atoms with Crippen LogP contribution in [-0.2, 0) is 28.7 Å². The van der Waals surface area contributed by atoms with E-state index in [4.69, 9.17) is 14.2 Å². The molecule has 0 aliphatic rings. The zero-order chi connectivity index (χ0) is 24.9. The van der Waals surface area contributed by atoms with Crippen LogP contribution < -0.4 is 9.47 Å². The molecule has 0 aliphatic carbocycles. The number of hydrogen-bond acceptors (Lipinski definition) is 7. The fourth-order valence-electron chi connectivity index (χ4n) is 3.05. The molecule has 0 N–H and O–H groups in total. The maximum atomic E-state index is 14.5. The summed E-state index contributed by atoms with van der Waals surface area (Å²) in [4.78, 5) is 14.3. The number of ether oxygens (including phenoxy) is 3. The van der Waals surface area contributed by atoms with Crippen LogP contribution in [0.15, 0.2) is 30.5 Å². The number of nitrogens with zero attached hydrogens (tertiary/aromatic N) is 2. The van der Waals surface area contributed by atoms with E-state index in [1.165, 1.54) is 25.4 Å². The zero-order valence-corrected chi connectivity index (χ0v) is 18.9. The van der Waals surface area contributed by atoms with E-state index in [-0.39, 0.29) is 59.2 Å². The van der Waals surface area contributed by atoms with Gasteiger partial charge in [0.1, 0.15) is 11.5 Å². The van der Waals surface area contributed by atoms with Crippen molar-refractivity contribution in [2.45, 2.75) is 32.5 Å². The quantitative estimate of drug-likeness (QED) is 0.281. The Bertz CT molecular complexity index is 1130. The number of carbonyl (C=O) groups is 1. The minimum Gasteiger partial charge on any atom is -0.483 e. The number of pyridine rings is 1. The number of aromatic nitrogens is 2. The Kier molecular flexibility index (Phi) is 8.02. The summed E-state index contributed by atoms with van der Waals surface area (Å²) in [5.74, 6) is -3.32. The monoisotopic (exact) mass is 502 g/mol. The Morgan fingerprint density at radius 3 is 2.41 bits per heavy atom. The molecule has 0 bridgehead atoms. The molecule has 0 aliphatic heterocycles. The third-order valence-electron chi connectivity index (χ3n) is 4.61. The van der Waals surface area contributed by atoms with E-state index >= 15 is 0 Å². The van der Waals surface area contributed by atoms with Gasteiger partial charge in [-0.3, -0.25) is 4.79 Å². The molecule has 0 unspecified atom stereocenters. The maximum absolute atomic E-state index is 14.5. The molecule has 0 fully saturated rings. The number of aryl methyl sites for hydroxylation is 1. The lowest BCUT2D eigenvalue weighted by Crippen LogP contribution is -2.10. The SMILES string of the molecule is CCOC(=O)CCc1cc(F)c(OCc2c(-c3ccc(OC)nc3)nsc2C(F)(F)F)c(F)c1. The van der Waals surface area contributed by atoms with Gasteiger partial charge in [0.25, 0.3) is 0 Å². The van der Waals surface area contributed by atoms with Gasteiger partial charge in [-0.15, -0.1) is 0 Å². The van der Waals surface area contributed by atoms with Gasteiger partial charge in [0.2, 0.25) is 5.88 Å². The summed E-state index contributed by atoms with van der Waals surface area (Å²) in [7, 11) is 1.39. The first-order valence-electron chi connectivity index (χ1n) is 9.96. The van der Waals surface area contributed by atoms with Gasteiger partial charge in [-0.25, -0.2) is 13.8 Å². The average Bonchev–Trinajstić information content (AvgIpc) is 3.22. The van der Waals surface area contributed by atoms with Crippen LogP contribution in [-0.4, -0.2) is 29.0 Å². The summed E-state index contributed by atoms with van der Waals surface area (Å²) in [5, 5.41) is 0. The number of methoxy groups -OCH3 is 1. The van der Waals surface area contributed by atoms with Gasteiger partial charge in [-0.2, -0.15) is 17.5 Å². The largest absolute Gasteiger partial charge is 0.483 e. The summed E-state index contributed by atoms with van der Waals surface area (Å²) in [6.07, 6.45) is -3.53. The minimum atomic E-state index is -4.75. The second-order valence-corrected chi connectivity index (χ2v) is 7.68. The molecular weight excluding hydrogens is 483 g/mol. The first-order valence-corrected chi connectivity index (χ1v) is 10.7. The average molecular weight is 502 g/mol. The van der Waals surface area contributed by atoms with Gasteiger partial charge in [0.05, 0.1) is 19.4 Å². The molecule has 0 atom stereocenters. The van der Waals surface area contributed by atoms with E-state index in [2.05, 4.69) is 9.36 Å². The third-order valence-corrected chi connectivity index (χ3v) is 5.54. The molecule has 34 heavy (non-hydrogen) atoms. The molecule has 0 saturated heterocycles. The second kappa shape index (κ2) is 10.8. The molecule has 0 amide bonds. The summed E-state index contributed by atoms with van der Waals surface area (Å²) in [5.41, 5.74) is -0.0241. The van der Waals surface area contributed by atoms with Crippen molar-refractivity contribution < 1.29 is 41.0 Å². The van der Waals surface area contributed by atoms with E-state index in [9.17, 15) is 26.7 Å². The van der Waals surface area contributed by atoms with Crippen LogP contribution in [0.25, 0.3) is 11.3 Å². The minimum absolute atomic E-state index is 0.0221. The van der Waals surface area contributed by atoms with Crippen LogP contribution in [0.4, 0.5) is 22.0 Å². The molecule has 2 heterocycles. The van der Waals surface area contributed by atoms with Crippen LogP contribution in [0, 0.1) is 11.6 Å². The van der Waals surface area contributed by atoms with Crippen molar-refractivity contribution in [1.29, 1.82) is 0 Å². The van der Waals surface area contributed by atoms with Crippen molar-refractivity contribution >= 4 is 17.5 Å². The molecule has 182 valence electrons. The predicted octanol–water partition coefficient (Wildman–Crippen LogP) is 5.59. The van der Waals surface area contributed by atoms with Crippen LogP contribution in [0.3, 0.4) is 0 Å². The van der Waals surface area contributed by atoms with Crippen molar-refractivity contribution in [2.75, 3.05) is 13.7 Å². The molecule has 1 aromatic carbocycles. The normalized spacial score (nSPS) is 11.4. The van der Waals surface area contributed by atoms with Crippen LogP contribution >= 0.6 is 11.5 Å². The highest BCUT2D eigenvalue weighted by Gasteiger charge is 2.38. The number of carbonyl (C=O) groups excluding carboxylic acids is 1. The standard InChI is InChI=1S/C22H19F5N2O4S/c1-3-32-18(30)7-4-12-8-15(23)20(16(24)9-12)33-11-14-19(29-34-21(14)22(25,26)27)13-5-6-17(31-2)28-10-13/h5-6,8-10H,3-4,7,11H2,1-2H3. The summed E-state index contributed by atoms with van der Waals surface area (Å²) in [6, 6.07) is 4.83. The Hall–Kier alpha value is -3.28. The summed E-state index contributed by atoms with van der Waals surface area (Å²) >= 11 is 0.202. The third kappa shape index (κ3) is 5.99. The molecule has 3 aromatic rings. The first-order chi connectivity index (χ1) is 16.1. The van der Waals surface area contributed by atoms with E-state index in [0.29, 0.717) is 0 Å². The van der Waals surface area contributed by atoms with Gasteiger partial charge >= 0.3 is 12.1 Å². The number of esters is 1. The Balaban J connectivity index is 1.85. The van der Waals surface area contributed by atoms with Gasteiger partial charge in [-0.1, -0.05) is 0 Å². The van der Waals surface area contributed by atoms with E-state index in [1.54, 1.807) is 6.92 Å². The van der Waals surface area contributed by atoms with E-state index < -0.39 is 41.0 Å². The number of halogens is 5. The molecule has 6 nitrogen and oxygen atoms in total. The van der Waals surface area contributed by atoms with Crippen LogP contribution in [0.1, 0.15) is 29.3 Å². The van der Waals surface area contributed by atoms with Crippen molar-refractivity contribution in [3.05, 3.63) is 58.1 Å². The van der Waals surface area contributed by atoms with Crippen molar-refractivity contribution in [2.24, 2.45) is 0 Å². The lowest BCUT2D eigenvalue weighted by molar-refractivity contribution is -0.143. The summed E-state index contributed by atoms with van der Waals surface area (Å²) < 4.78 is 88.3. The Morgan fingerprint density at radius 1 is 1.15 bits per heavy atom. The Labute approximate surface area is 195 Å². The molecule has 12 heteroatoms. The van der Waals surface area contributed by atoms with Crippen molar-refractivity contribution in [3.8, 4) is 22.9 Å². The fourth-order valence-corrected chi connectivity index (χ4v) is 3.82. The zero-order valence-electron chi connectivity index (χ0n) is 18.0. The molecule has 2 aromatic heterocycles. The lowest BCUT2D eigenvalue weighted by atomic mass is 10.1. The molecule has 0 radical (unpaired) electrons. The maximum Gasteiger partial charge on any atom is 0.427 e.